The molecule has 2 aliphatic rings. The van der Waals surface area contributed by atoms with Gasteiger partial charge in [0.25, 0.3) is 0 Å². The van der Waals surface area contributed by atoms with Crippen molar-refractivity contribution in [2.45, 2.75) is 58.3 Å². The molecule has 3 nitrogen and oxygen atoms in total. The molecule has 0 radical (unpaired) electrons. The van der Waals surface area contributed by atoms with E-state index in [2.05, 4.69) is 24.9 Å². The Morgan fingerprint density at radius 1 is 1.38 bits per heavy atom. The van der Waals surface area contributed by atoms with Gasteiger partial charge >= 0.3 is 5.97 Å². The molecule has 0 aromatic carbocycles. The largest absolute Gasteiger partial charge is 0.481 e. The Labute approximate surface area is 126 Å². The number of rotatable bonds is 2. The average Bonchev–Trinajstić information content (AvgIpc) is 2.45. The minimum atomic E-state index is -0.612. The summed E-state index contributed by atoms with van der Waals surface area (Å²) in [6, 6.07) is 4.17. The van der Waals surface area contributed by atoms with Gasteiger partial charge in [0.05, 0.1) is 5.92 Å². The lowest BCUT2D eigenvalue weighted by atomic mass is 9.61. The van der Waals surface area contributed by atoms with Gasteiger partial charge in [-0.05, 0) is 61.5 Å². The van der Waals surface area contributed by atoms with E-state index in [1.165, 1.54) is 11.3 Å². The Morgan fingerprint density at radius 3 is 2.95 bits per heavy atom. The molecule has 21 heavy (non-hydrogen) atoms. The molecule has 0 aliphatic heterocycles. The number of carboxylic acid groups (broad SMARTS) is 1. The van der Waals surface area contributed by atoms with Gasteiger partial charge in [-0.15, -0.1) is 0 Å². The van der Waals surface area contributed by atoms with Crippen LogP contribution in [-0.2, 0) is 11.2 Å². The van der Waals surface area contributed by atoms with Gasteiger partial charge in [0, 0.05) is 17.8 Å². The first-order chi connectivity index (χ1) is 9.98. The van der Waals surface area contributed by atoms with Gasteiger partial charge in [-0.1, -0.05) is 19.9 Å². The zero-order valence-electron chi connectivity index (χ0n) is 13.0. The monoisotopic (exact) mass is 287 g/mol. The van der Waals surface area contributed by atoms with E-state index in [0.717, 1.165) is 38.5 Å². The number of carboxylic acids is 1. The highest BCUT2D eigenvalue weighted by Crippen LogP contribution is 2.50. The summed E-state index contributed by atoms with van der Waals surface area (Å²) < 4.78 is 0. The number of hydrogen-bond acceptors (Lipinski definition) is 2. The topological polar surface area (TPSA) is 50.2 Å². The minimum Gasteiger partial charge on any atom is -0.481 e. The van der Waals surface area contributed by atoms with E-state index >= 15 is 0 Å². The van der Waals surface area contributed by atoms with E-state index in [4.69, 9.17) is 0 Å². The van der Waals surface area contributed by atoms with Crippen molar-refractivity contribution in [3.8, 4) is 0 Å². The summed E-state index contributed by atoms with van der Waals surface area (Å²) in [5.41, 5.74) is 2.77. The molecule has 2 aliphatic carbocycles. The summed E-state index contributed by atoms with van der Waals surface area (Å²) in [7, 11) is 0. The summed E-state index contributed by atoms with van der Waals surface area (Å²) in [6.45, 7) is 4.56. The van der Waals surface area contributed by atoms with Crippen molar-refractivity contribution < 1.29 is 9.90 Å². The molecule has 114 valence electrons. The number of carbonyl (C=O) groups is 1. The molecule has 1 N–H and O–H groups in total. The van der Waals surface area contributed by atoms with Crippen LogP contribution >= 0.6 is 0 Å². The average molecular weight is 287 g/mol. The van der Waals surface area contributed by atoms with Crippen LogP contribution < -0.4 is 0 Å². The Morgan fingerprint density at radius 2 is 2.19 bits per heavy atom. The molecule has 1 heterocycles. The Balaban J connectivity index is 1.95. The van der Waals surface area contributed by atoms with Gasteiger partial charge in [-0.3, -0.25) is 9.78 Å². The number of hydrogen-bond donors (Lipinski definition) is 1. The third kappa shape index (κ3) is 2.83. The molecule has 1 aromatic rings. The SMILES string of the molecule is CC1(C)CCC(C(=O)O)C(C2CCCc3cccnc32)C1. The lowest BCUT2D eigenvalue weighted by Gasteiger charge is -2.43. The van der Waals surface area contributed by atoms with Crippen LogP contribution in [0.25, 0.3) is 0 Å². The molecule has 0 saturated heterocycles. The Hall–Kier alpha value is -1.38. The highest BCUT2D eigenvalue weighted by atomic mass is 16.4. The summed E-state index contributed by atoms with van der Waals surface area (Å²) in [5.74, 6) is -0.245. The van der Waals surface area contributed by atoms with Crippen molar-refractivity contribution in [1.29, 1.82) is 0 Å². The Kier molecular flexibility index (Phi) is 3.76. The van der Waals surface area contributed by atoms with Crippen molar-refractivity contribution in [3.63, 3.8) is 0 Å². The van der Waals surface area contributed by atoms with Gasteiger partial charge in [0.15, 0.2) is 0 Å². The normalized spacial score (nSPS) is 31.4. The third-order valence-electron chi connectivity index (χ3n) is 5.51. The van der Waals surface area contributed by atoms with Crippen molar-refractivity contribution in [2.75, 3.05) is 0 Å². The number of fused-ring (bicyclic) bond motifs is 1. The minimum absolute atomic E-state index is 0.198. The molecule has 3 heteroatoms. The molecule has 1 aromatic heterocycles. The van der Waals surface area contributed by atoms with E-state index in [-0.39, 0.29) is 17.3 Å². The smallest absolute Gasteiger partial charge is 0.306 e. The van der Waals surface area contributed by atoms with E-state index in [1.54, 1.807) is 0 Å². The molecule has 1 fully saturated rings. The number of pyridine rings is 1. The maximum absolute atomic E-state index is 11.7. The van der Waals surface area contributed by atoms with E-state index in [9.17, 15) is 9.90 Å². The van der Waals surface area contributed by atoms with Crippen LogP contribution in [0.2, 0.25) is 0 Å². The summed E-state index contributed by atoms with van der Waals surface area (Å²) >= 11 is 0. The molecule has 0 amide bonds. The van der Waals surface area contributed by atoms with Gasteiger partial charge in [0.2, 0.25) is 0 Å². The number of nitrogens with zero attached hydrogens (tertiary/aromatic N) is 1. The molecular formula is C18H25NO2. The third-order valence-corrected chi connectivity index (χ3v) is 5.51. The quantitative estimate of drug-likeness (QED) is 0.893. The van der Waals surface area contributed by atoms with Gasteiger partial charge < -0.3 is 5.11 Å². The van der Waals surface area contributed by atoms with Crippen LogP contribution in [0.4, 0.5) is 0 Å². The lowest BCUT2D eigenvalue weighted by Crippen LogP contribution is -2.38. The maximum Gasteiger partial charge on any atom is 0.306 e. The molecule has 3 atom stereocenters. The fraction of sp³-hybridized carbons (Fsp3) is 0.667. The van der Waals surface area contributed by atoms with Gasteiger partial charge in [-0.2, -0.15) is 0 Å². The van der Waals surface area contributed by atoms with Gasteiger partial charge in [-0.25, -0.2) is 0 Å². The lowest BCUT2D eigenvalue weighted by molar-refractivity contribution is -0.146. The second-order valence-corrected chi connectivity index (χ2v) is 7.56. The predicted molar refractivity (Wildman–Crippen MR) is 82.2 cm³/mol. The van der Waals surface area contributed by atoms with Crippen molar-refractivity contribution >= 4 is 5.97 Å². The van der Waals surface area contributed by atoms with Crippen LogP contribution in [0, 0.1) is 17.3 Å². The maximum atomic E-state index is 11.7. The van der Waals surface area contributed by atoms with Crippen LogP contribution in [0.5, 0.6) is 0 Å². The summed E-state index contributed by atoms with van der Waals surface area (Å²) in [6.07, 6.45) is 8.04. The fourth-order valence-corrected chi connectivity index (χ4v) is 4.43. The first-order valence-corrected chi connectivity index (χ1v) is 8.14. The standard InChI is InChI=1S/C18H25NO2/c1-18(2)9-8-14(17(20)21)15(11-18)13-7-3-5-12-6-4-10-19-16(12)13/h4,6,10,13-15H,3,5,7-9,11H2,1-2H3,(H,20,21). The molecule has 0 spiro atoms. The predicted octanol–water partition coefficient (Wildman–Crippen LogP) is 4.03. The van der Waals surface area contributed by atoms with Crippen molar-refractivity contribution in [3.05, 3.63) is 29.6 Å². The highest BCUT2D eigenvalue weighted by Gasteiger charge is 2.43. The van der Waals surface area contributed by atoms with E-state index < -0.39 is 5.97 Å². The van der Waals surface area contributed by atoms with Crippen molar-refractivity contribution in [2.24, 2.45) is 17.3 Å². The van der Waals surface area contributed by atoms with E-state index in [1.807, 2.05) is 12.3 Å². The number of aromatic nitrogens is 1. The molecule has 3 rings (SSSR count). The Bertz CT molecular complexity index is 538. The first-order valence-electron chi connectivity index (χ1n) is 8.14. The second kappa shape index (κ2) is 5.43. The fourth-order valence-electron chi connectivity index (χ4n) is 4.43. The molecule has 1 saturated carbocycles. The molecule has 3 unspecified atom stereocenters. The molecular weight excluding hydrogens is 262 g/mol. The highest BCUT2D eigenvalue weighted by molar-refractivity contribution is 5.70. The van der Waals surface area contributed by atoms with Gasteiger partial charge in [0.1, 0.15) is 0 Å². The summed E-state index contributed by atoms with van der Waals surface area (Å²) in [4.78, 5) is 16.3. The zero-order chi connectivity index (χ0) is 15.0. The van der Waals surface area contributed by atoms with Crippen molar-refractivity contribution in [1.82, 2.24) is 4.98 Å². The number of aliphatic carboxylic acids is 1. The van der Waals surface area contributed by atoms with Crippen LogP contribution in [0.15, 0.2) is 18.3 Å². The first kappa shape index (κ1) is 14.6. The van der Waals surface area contributed by atoms with Crippen LogP contribution in [0.3, 0.4) is 0 Å². The summed E-state index contributed by atoms with van der Waals surface area (Å²) in [5, 5.41) is 9.64. The van der Waals surface area contributed by atoms with Crippen LogP contribution in [0.1, 0.15) is 63.1 Å². The second-order valence-electron chi connectivity index (χ2n) is 7.56. The number of aryl methyl sites for hydroxylation is 1. The molecule has 0 bridgehead atoms. The van der Waals surface area contributed by atoms with E-state index in [0.29, 0.717) is 5.92 Å². The zero-order valence-corrected chi connectivity index (χ0v) is 13.0. The van der Waals surface area contributed by atoms with Crippen LogP contribution in [-0.4, -0.2) is 16.1 Å².